The smallest absolute Gasteiger partial charge is 0.202 e. The lowest BCUT2D eigenvalue weighted by Crippen LogP contribution is -1.96. The van der Waals surface area contributed by atoms with Gasteiger partial charge < -0.3 is 0 Å². The van der Waals surface area contributed by atoms with Crippen molar-refractivity contribution in [1.82, 2.24) is 19.6 Å². The minimum Gasteiger partial charge on any atom is -0.213 e. The molecule has 0 bridgehead atoms. The van der Waals surface area contributed by atoms with Gasteiger partial charge in [-0.2, -0.15) is 9.61 Å². The van der Waals surface area contributed by atoms with Crippen LogP contribution in [0.15, 0.2) is 70.6 Å². The zero-order valence-electron chi connectivity index (χ0n) is 12.5. The van der Waals surface area contributed by atoms with Gasteiger partial charge in [0.2, 0.25) is 6.33 Å². The molecule has 2 aromatic carbocycles. The standard InChI is InChI=1S/C18H13N4S/c1-13-19-12-22-18(21-13)17(11-20-22)14-7-9-16(10-8-14)23-15-5-3-2-4-6-15/h2-11H,1H3. The Morgan fingerprint density at radius 2 is 1.70 bits per heavy atom. The number of fused-ring (bicyclic) bond motifs is 1. The SMILES string of the molecule is Cc1n[c]n2ncc(-c3ccc(Sc4ccccc4)cc3)c2n1. The minimum absolute atomic E-state index is 0.690. The quantitative estimate of drug-likeness (QED) is 0.572. The molecule has 111 valence electrons. The van der Waals surface area contributed by atoms with E-state index in [-0.39, 0.29) is 0 Å². The van der Waals surface area contributed by atoms with E-state index >= 15 is 0 Å². The largest absolute Gasteiger partial charge is 0.213 e. The molecule has 0 spiro atoms. The zero-order valence-corrected chi connectivity index (χ0v) is 13.3. The van der Waals surface area contributed by atoms with Crippen LogP contribution < -0.4 is 0 Å². The molecule has 0 saturated heterocycles. The van der Waals surface area contributed by atoms with Gasteiger partial charge in [0.25, 0.3) is 0 Å². The third-order valence-electron chi connectivity index (χ3n) is 3.46. The van der Waals surface area contributed by atoms with E-state index in [0.717, 1.165) is 16.8 Å². The van der Waals surface area contributed by atoms with Crippen LogP contribution in [-0.2, 0) is 0 Å². The van der Waals surface area contributed by atoms with Gasteiger partial charge >= 0.3 is 0 Å². The average Bonchev–Trinajstić information content (AvgIpc) is 2.99. The van der Waals surface area contributed by atoms with E-state index in [4.69, 9.17) is 0 Å². The van der Waals surface area contributed by atoms with Gasteiger partial charge in [0.15, 0.2) is 5.65 Å². The van der Waals surface area contributed by atoms with Crippen molar-refractivity contribution in [2.45, 2.75) is 16.7 Å². The van der Waals surface area contributed by atoms with Gasteiger partial charge in [-0.1, -0.05) is 42.1 Å². The predicted octanol–water partition coefficient (Wildman–Crippen LogP) is 4.05. The molecule has 0 aliphatic rings. The van der Waals surface area contributed by atoms with Crippen LogP contribution in [0, 0.1) is 13.3 Å². The van der Waals surface area contributed by atoms with E-state index in [1.807, 2.05) is 25.1 Å². The molecule has 4 aromatic rings. The van der Waals surface area contributed by atoms with Crippen molar-refractivity contribution in [3.63, 3.8) is 0 Å². The summed E-state index contributed by atoms with van der Waals surface area (Å²) in [5, 5.41) is 4.26. The number of hydrogen-bond acceptors (Lipinski definition) is 4. The van der Waals surface area contributed by atoms with Crippen LogP contribution in [0.3, 0.4) is 0 Å². The van der Waals surface area contributed by atoms with Gasteiger partial charge in [0.1, 0.15) is 5.82 Å². The zero-order chi connectivity index (χ0) is 15.6. The fraction of sp³-hybridized carbons (Fsp3) is 0.0556. The Morgan fingerprint density at radius 1 is 0.957 bits per heavy atom. The van der Waals surface area contributed by atoms with Crippen LogP contribution in [0.1, 0.15) is 5.82 Å². The molecule has 4 nitrogen and oxygen atoms in total. The summed E-state index contributed by atoms with van der Waals surface area (Å²) in [4.78, 5) is 10.9. The molecule has 0 saturated carbocycles. The molecule has 2 aromatic heterocycles. The Labute approximate surface area is 138 Å². The molecule has 0 atom stereocenters. The summed E-state index contributed by atoms with van der Waals surface area (Å²) in [5.74, 6) is 0.690. The molecule has 0 aliphatic heterocycles. The van der Waals surface area contributed by atoms with Gasteiger partial charge in [-0.25, -0.2) is 9.97 Å². The van der Waals surface area contributed by atoms with E-state index in [0.29, 0.717) is 5.82 Å². The lowest BCUT2D eigenvalue weighted by molar-refractivity contribution is 0.858. The number of nitrogens with zero attached hydrogens (tertiary/aromatic N) is 4. The second-order valence-corrected chi connectivity index (χ2v) is 6.25. The topological polar surface area (TPSA) is 43.1 Å². The molecule has 0 amide bonds. The summed E-state index contributed by atoms with van der Waals surface area (Å²) in [7, 11) is 0. The summed E-state index contributed by atoms with van der Waals surface area (Å²) in [5.41, 5.74) is 2.85. The van der Waals surface area contributed by atoms with E-state index in [2.05, 4.69) is 57.8 Å². The van der Waals surface area contributed by atoms with Gasteiger partial charge in [-0.05, 0) is 36.8 Å². The van der Waals surface area contributed by atoms with Crippen molar-refractivity contribution in [3.05, 3.63) is 72.9 Å². The molecule has 5 heteroatoms. The third-order valence-corrected chi connectivity index (χ3v) is 4.48. The number of aryl methyl sites for hydroxylation is 1. The van der Waals surface area contributed by atoms with E-state index in [1.54, 1.807) is 22.5 Å². The Balaban J connectivity index is 1.66. The first-order chi connectivity index (χ1) is 11.3. The second-order valence-electron chi connectivity index (χ2n) is 5.10. The van der Waals surface area contributed by atoms with Crippen molar-refractivity contribution < 1.29 is 0 Å². The van der Waals surface area contributed by atoms with Crippen molar-refractivity contribution in [3.8, 4) is 11.1 Å². The molecule has 0 fully saturated rings. The summed E-state index contributed by atoms with van der Waals surface area (Å²) < 4.78 is 1.58. The maximum Gasteiger partial charge on any atom is 0.202 e. The maximum atomic E-state index is 4.46. The van der Waals surface area contributed by atoms with Crippen molar-refractivity contribution >= 4 is 17.4 Å². The van der Waals surface area contributed by atoms with Crippen LogP contribution in [-0.4, -0.2) is 19.6 Å². The summed E-state index contributed by atoms with van der Waals surface area (Å²) in [6, 6.07) is 18.8. The molecule has 0 aliphatic carbocycles. The second kappa shape index (κ2) is 5.85. The fourth-order valence-electron chi connectivity index (χ4n) is 2.35. The molecule has 0 unspecified atom stereocenters. The van der Waals surface area contributed by atoms with Crippen LogP contribution in [0.2, 0.25) is 0 Å². The monoisotopic (exact) mass is 317 g/mol. The molecular formula is C18H13N4S. The third kappa shape index (κ3) is 2.83. The van der Waals surface area contributed by atoms with Gasteiger partial charge in [0.05, 0.1) is 6.20 Å². The predicted molar refractivity (Wildman–Crippen MR) is 90.4 cm³/mol. The lowest BCUT2D eigenvalue weighted by atomic mass is 10.1. The number of benzene rings is 2. The van der Waals surface area contributed by atoms with Gasteiger partial charge in [-0.15, -0.1) is 0 Å². The normalized spacial score (nSPS) is 11.0. The number of aromatic nitrogens is 4. The molecule has 1 radical (unpaired) electrons. The van der Waals surface area contributed by atoms with Crippen LogP contribution >= 0.6 is 11.8 Å². The molecular weight excluding hydrogens is 304 g/mol. The Morgan fingerprint density at radius 3 is 2.48 bits per heavy atom. The highest BCUT2D eigenvalue weighted by Crippen LogP contribution is 2.30. The Hall–Kier alpha value is -2.66. The van der Waals surface area contributed by atoms with Crippen LogP contribution in [0.5, 0.6) is 0 Å². The van der Waals surface area contributed by atoms with Crippen molar-refractivity contribution in [2.24, 2.45) is 0 Å². The Kier molecular flexibility index (Phi) is 3.55. The number of rotatable bonds is 3. The molecule has 0 N–H and O–H groups in total. The molecule has 4 rings (SSSR count). The lowest BCUT2D eigenvalue weighted by Gasteiger charge is -2.03. The molecule has 2 heterocycles. The van der Waals surface area contributed by atoms with Gasteiger partial charge in [-0.3, -0.25) is 0 Å². The number of hydrogen-bond donors (Lipinski definition) is 0. The minimum atomic E-state index is 0.690. The van der Waals surface area contributed by atoms with E-state index in [1.165, 1.54) is 9.79 Å². The fourth-order valence-corrected chi connectivity index (χ4v) is 3.19. The van der Waals surface area contributed by atoms with Crippen LogP contribution in [0.4, 0.5) is 0 Å². The first-order valence-corrected chi connectivity index (χ1v) is 8.05. The summed E-state index contributed by atoms with van der Waals surface area (Å²) in [6.45, 7) is 1.85. The van der Waals surface area contributed by atoms with Crippen LogP contribution in [0.25, 0.3) is 16.8 Å². The highest BCUT2D eigenvalue weighted by atomic mass is 32.2. The maximum absolute atomic E-state index is 4.46. The highest BCUT2D eigenvalue weighted by molar-refractivity contribution is 7.99. The van der Waals surface area contributed by atoms with Gasteiger partial charge in [0, 0.05) is 15.4 Å². The summed E-state index contributed by atoms with van der Waals surface area (Å²) in [6.07, 6.45) is 4.65. The van der Waals surface area contributed by atoms with E-state index in [9.17, 15) is 0 Å². The Bertz CT molecular complexity index is 946. The summed E-state index contributed by atoms with van der Waals surface area (Å²) >= 11 is 1.75. The van der Waals surface area contributed by atoms with Crippen molar-refractivity contribution in [1.29, 1.82) is 0 Å². The highest BCUT2D eigenvalue weighted by Gasteiger charge is 2.09. The van der Waals surface area contributed by atoms with Crippen molar-refractivity contribution in [2.75, 3.05) is 0 Å². The van der Waals surface area contributed by atoms with E-state index < -0.39 is 0 Å². The average molecular weight is 317 g/mol. The first kappa shape index (κ1) is 14.0. The molecule has 23 heavy (non-hydrogen) atoms. The first-order valence-electron chi connectivity index (χ1n) is 7.23.